The van der Waals surface area contributed by atoms with Gasteiger partial charge in [-0.25, -0.2) is 0 Å². The lowest BCUT2D eigenvalue weighted by molar-refractivity contribution is -0.137. The first-order chi connectivity index (χ1) is 13.5. The lowest BCUT2D eigenvalue weighted by atomic mass is 10.1. The van der Waals surface area contributed by atoms with Crippen molar-refractivity contribution >= 4 is 11.8 Å². The number of hydrogen-bond acceptors (Lipinski definition) is 5. The van der Waals surface area contributed by atoms with Gasteiger partial charge in [0.15, 0.2) is 0 Å². The van der Waals surface area contributed by atoms with Crippen LogP contribution in [-0.2, 0) is 14.3 Å². The number of nitrogens with zero attached hydrogens (tertiary/aromatic N) is 3. The standard InChI is InChI=1S/C21H38N4O3/c1-17(2)14-24-11-12-28-19(15-24)13-22-20(26)16-23-7-9-25(10-8-23)21(27)18-5-3-4-6-18/h17-19H,3-16H2,1-2H3,(H,22,26). The number of piperazine rings is 1. The third-order valence-corrected chi connectivity index (χ3v) is 6.13. The molecule has 2 heterocycles. The molecule has 1 atom stereocenters. The Balaban J connectivity index is 1.32. The second-order valence-corrected chi connectivity index (χ2v) is 9.03. The predicted molar refractivity (Wildman–Crippen MR) is 109 cm³/mol. The Hall–Kier alpha value is -1.18. The Morgan fingerprint density at radius 1 is 1.04 bits per heavy atom. The number of ether oxygens (including phenoxy) is 1. The second-order valence-electron chi connectivity index (χ2n) is 9.03. The fourth-order valence-electron chi connectivity index (χ4n) is 4.63. The third-order valence-electron chi connectivity index (χ3n) is 6.13. The molecule has 2 saturated heterocycles. The summed E-state index contributed by atoms with van der Waals surface area (Å²) in [4.78, 5) is 31.4. The van der Waals surface area contributed by atoms with Gasteiger partial charge in [0.2, 0.25) is 11.8 Å². The number of morpholine rings is 1. The number of nitrogens with one attached hydrogen (secondary N) is 1. The molecule has 1 aliphatic carbocycles. The number of hydrogen-bond donors (Lipinski definition) is 1. The maximum atomic E-state index is 12.5. The predicted octanol–water partition coefficient (Wildman–Crippen LogP) is 0.794. The van der Waals surface area contributed by atoms with E-state index >= 15 is 0 Å². The highest BCUT2D eigenvalue weighted by Crippen LogP contribution is 2.26. The maximum Gasteiger partial charge on any atom is 0.234 e. The Morgan fingerprint density at radius 2 is 1.75 bits per heavy atom. The molecule has 3 aliphatic rings. The molecule has 28 heavy (non-hydrogen) atoms. The summed E-state index contributed by atoms with van der Waals surface area (Å²) in [6, 6.07) is 0. The van der Waals surface area contributed by atoms with Gasteiger partial charge in [0.25, 0.3) is 0 Å². The first-order valence-electron chi connectivity index (χ1n) is 11.1. The van der Waals surface area contributed by atoms with Crippen molar-refractivity contribution in [3.05, 3.63) is 0 Å². The first kappa shape index (κ1) is 21.5. The number of carbonyl (C=O) groups excluding carboxylic acids is 2. The van der Waals surface area contributed by atoms with E-state index in [-0.39, 0.29) is 17.9 Å². The lowest BCUT2D eigenvalue weighted by Crippen LogP contribution is -2.53. The van der Waals surface area contributed by atoms with Crippen molar-refractivity contribution in [2.24, 2.45) is 11.8 Å². The van der Waals surface area contributed by atoms with Gasteiger partial charge < -0.3 is 15.0 Å². The van der Waals surface area contributed by atoms with E-state index < -0.39 is 0 Å². The van der Waals surface area contributed by atoms with E-state index in [1.165, 1.54) is 12.8 Å². The van der Waals surface area contributed by atoms with Gasteiger partial charge in [-0.1, -0.05) is 26.7 Å². The van der Waals surface area contributed by atoms with Crippen molar-refractivity contribution in [1.29, 1.82) is 0 Å². The molecule has 0 radical (unpaired) electrons. The molecular weight excluding hydrogens is 356 g/mol. The molecule has 2 aliphatic heterocycles. The number of amides is 2. The SMILES string of the molecule is CC(C)CN1CCOC(CNC(=O)CN2CCN(C(=O)C3CCCC3)CC2)C1. The molecule has 0 aromatic carbocycles. The molecule has 3 rings (SSSR count). The van der Waals surface area contributed by atoms with Gasteiger partial charge in [0, 0.05) is 58.3 Å². The molecule has 0 bridgehead atoms. The van der Waals surface area contributed by atoms with Crippen molar-refractivity contribution in [1.82, 2.24) is 20.0 Å². The largest absolute Gasteiger partial charge is 0.374 e. The van der Waals surface area contributed by atoms with E-state index in [9.17, 15) is 9.59 Å². The van der Waals surface area contributed by atoms with Gasteiger partial charge in [0.05, 0.1) is 19.3 Å². The molecule has 7 heteroatoms. The van der Waals surface area contributed by atoms with Crippen molar-refractivity contribution < 1.29 is 14.3 Å². The summed E-state index contributed by atoms with van der Waals surface area (Å²) in [5, 5.41) is 3.04. The summed E-state index contributed by atoms with van der Waals surface area (Å²) < 4.78 is 5.81. The molecule has 0 aromatic rings. The van der Waals surface area contributed by atoms with Crippen LogP contribution in [0.15, 0.2) is 0 Å². The molecule has 7 nitrogen and oxygen atoms in total. The smallest absolute Gasteiger partial charge is 0.234 e. The second kappa shape index (κ2) is 10.6. The maximum absolute atomic E-state index is 12.5. The van der Waals surface area contributed by atoms with E-state index in [1.807, 2.05) is 4.90 Å². The van der Waals surface area contributed by atoms with E-state index in [1.54, 1.807) is 0 Å². The van der Waals surface area contributed by atoms with Crippen LogP contribution in [0, 0.1) is 11.8 Å². The number of rotatable bonds is 7. The highest BCUT2D eigenvalue weighted by Gasteiger charge is 2.30. The van der Waals surface area contributed by atoms with Gasteiger partial charge in [-0.2, -0.15) is 0 Å². The van der Waals surface area contributed by atoms with Crippen molar-refractivity contribution in [3.8, 4) is 0 Å². The average molecular weight is 395 g/mol. The molecule has 0 aromatic heterocycles. The van der Waals surface area contributed by atoms with Crippen molar-refractivity contribution in [2.45, 2.75) is 45.6 Å². The molecule has 2 amide bonds. The van der Waals surface area contributed by atoms with Crippen LogP contribution < -0.4 is 5.32 Å². The lowest BCUT2D eigenvalue weighted by Gasteiger charge is -2.36. The van der Waals surface area contributed by atoms with E-state index in [4.69, 9.17) is 4.74 Å². The molecule has 1 saturated carbocycles. The highest BCUT2D eigenvalue weighted by atomic mass is 16.5. The van der Waals surface area contributed by atoms with E-state index in [0.29, 0.717) is 24.9 Å². The summed E-state index contributed by atoms with van der Waals surface area (Å²) in [6.45, 7) is 12.2. The fraction of sp³-hybridized carbons (Fsp3) is 0.905. The Kier molecular flexibility index (Phi) is 8.11. The number of carbonyl (C=O) groups is 2. The first-order valence-corrected chi connectivity index (χ1v) is 11.1. The van der Waals surface area contributed by atoms with Gasteiger partial charge in [0.1, 0.15) is 0 Å². The zero-order chi connectivity index (χ0) is 19.9. The van der Waals surface area contributed by atoms with E-state index in [0.717, 1.165) is 65.3 Å². The van der Waals surface area contributed by atoms with E-state index in [2.05, 4.69) is 29.0 Å². The zero-order valence-electron chi connectivity index (χ0n) is 17.7. The van der Waals surface area contributed by atoms with Crippen LogP contribution in [-0.4, -0.2) is 98.1 Å². The molecule has 160 valence electrons. The van der Waals surface area contributed by atoms with Crippen LogP contribution in [0.1, 0.15) is 39.5 Å². The summed E-state index contributed by atoms with van der Waals surface area (Å²) in [5.41, 5.74) is 0. The topological polar surface area (TPSA) is 65.1 Å². The monoisotopic (exact) mass is 394 g/mol. The molecule has 1 unspecified atom stereocenters. The van der Waals surface area contributed by atoms with Crippen molar-refractivity contribution in [3.63, 3.8) is 0 Å². The minimum Gasteiger partial charge on any atom is -0.374 e. The van der Waals surface area contributed by atoms with Gasteiger partial charge in [-0.3, -0.25) is 19.4 Å². The molecule has 0 spiro atoms. The van der Waals surface area contributed by atoms with Crippen LogP contribution in [0.3, 0.4) is 0 Å². The Morgan fingerprint density at radius 3 is 2.43 bits per heavy atom. The Labute approximate surface area is 169 Å². The van der Waals surface area contributed by atoms with Gasteiger partial charge >= 0.3 is 0 Å². The van der Waals surface area contributed by atoms with Crippen LogP contribution >= 0.6 is 0 Å². The minimum atomic E-state index is 0.0557. The summed E-state index contributed by atoms with van der Waals surface area (Å²) >= 11 is 0. The van der Waals surface area contributed by atoms with Crippen LogP contribution in [0.4, 0.5) is 0 Å². The third kappa shape index (κ3) is 6.42. The van der Waals surface area contributed by atoms with Crippen molar-refractivity contribution in [2.75, 3.05) is 65.5 Å². The molecule has 1 N–H and O–H groups in total. The van der Waals surface area contributed by atoms with Crippen LogP contribution in [0.25, 0.3) is 0 Å². The highest BCUT2D eigenvalue weighted by molar-refractivity contribution is 5.79. The zero-order valence-corrected chi connectivity index (χ0v) is 17.7. The fourth-order valence-corrected chi connectivity index (χ4v) is 4.63. The minimum absolute atomic E-state index is 0.0557. The summed E-state index contributed by atoms with van der Waals surface area (Å²) in [6.07, 6.45) is 4.57. The quantitative estimate of drug-likeness (QED) is 0.692. The van der Waals surface area contributed by atoms with Crippen LogP contribution in [0.2, 0.25) is 0 Å². The van der Waals surface area contributed by atoms with Crippen LogP contribution in [0.5, 0.6) is 0 Å². The van der Waals surface area contributed by atoms with Gasteiger partial charge in [-0.15, -0.1) is 0 Å². The normalized spacial score (nSPS) is 25.4. The molecular formula is C21H38N4O3. The Bertz CT molecular complexity index is 514. The average Bonchev–Trinajstić information content (AvgIpc) is 3.21. The summed E-state index contributed by atoms with van der Waals surface area (Å²) in [7, 11) is 0. The molecule has 3 fully saturated rings. The van der Waals surface area contributed by atoms with Gasteiger partial charge in [-0.05, 0) is 18.8 Å². The summed E-state index contributed by atoms with van der Waals surface area (Å²) in [5.74, 6) is 1.29.